The van der Waals surface area contributed by atoms with E-state index in [1.54, 1.807) is 0 Å². The topological polar surface area (TPSA) is 29.9 Å². The highest BCUT2D eigenvalue weighted by Gasteiger charge is 2.07. The molecule has 3 nitrogen and oxygen atoms in total. The van der Waals surface area contributed by atoms with Gasteiger partial charge in [-0.2, -0.15) is 0 Å². The summed E-state index contributed by atoms with van der Waals surface area (Å²) in [6, 6.07) is 0. The van der Waals surface area contributed by atoms with Crippen LogP contribution in [0.5, 0.6) is 0 Å². The summed E-state index contributed by atoms with van der Waals surface area (Å²) in [5, 5.41) is 3.49. The van der Waals surface area contributed by atoms with E-state index in [1.165, 1.54) is 18.7 Å². The van der Waals surface area contributed by atoms with Crippen molar-refractivity contribution in [2.75, 3.05) is 6.54 Å². The average molecular weight is 209 g/mol. The van der Waals surface area contributed by atoms with Gasteiger partial charge in [0.25, 0.3) is 0 Å². The van der Waals surface area contributed by atoms with Gasteiger partial charge in [-0.15, -0.1) is 0 Å². The van der Waals surface area contributed by atoms with Gasteiger partial charge in [-0.25, -0.2) is 4.98 Å². The van der Waals surface area contributed by atoms with E-state index in [2.05, 4.69) is 42.7 Å². The molecule has 0 atom stereocenters. The molecule has 1 heterocycles. The molecule has 1 aromatic heterocycles. The van der Waals surface area contributed by atoms with Gasteiger partial charge in [0.1, 0.15) is 5.82 Å². The Morgan fingerprint density at radius 3 is 2.60 bits per heavy atom. The van der Waals surface area contributed by atoms with Crippen LogP contribution in [-0.4, -0.2) is 21.6 Å². The van der Waals surface area contributed by atoms with Crippen LogP contribution in [-0.2, 0) is 13.5 Å². The second-order valence-electron chi connectivity index (χ2n) is 5.09. The molecule has 1 aromatic rings. The molecule has 0 radical (unpaired) electrons. The molecule has 0 saturated heterocycles. The van der Waals surface area contributed by atoms with Crippen LogP contribution in [0.2, 0.25) is 0 Å². The largest absolute Gasteiger partial charge is 0.338 e. The molecule has 0 unspecified atom stereocenters. The van der Waals surface area contributed by atoms with Gasteiger partial charge < -0.3 is 9.88 Å². The maximum atomic E-state index is 4.30. The first-order chi connectivity index (χ1) is 6.99. The van der Waals surface area contributed by atoms with E-state index in [4.69, 9.17) is 0 Å². The molecule has 0 amide bonds. The van der Waals surface area contributed by atoms with Crippen LogP contribution in [0.4, 0.5) is 0 Å². The van der Waals surface area contributed by atoms with Crippen LogP contribution in [0.25, 0.3) is 0 Å². The lowest BCUT2D eigenvalue weighted by Gasteiger charge is -2.20. The van der Waals surface area contributed by atoms with Gasteiger partial charge in [0.05, 0.1) is 0 Å². The lowest BCUT2D eigenvalue weighted by molar-refractivity contribution is 0.418. The zero-order valence-corrected chi connectivity index (χ0v) is 10.4. The highest BCUT2D eigenvalue weighted by atomic mass is 15.0. The molecule has 0 aliphatic heterocycles. The van der Waals surface area contributed by atoms with Gasteiger partial charge in [-0.05, 0) is 40.2 Å². The number of hydrogen-bond donors (Lipinski definition) is 1. The number of nitrogens with zero attached hydrogens (tertiary/aromatic N) is 2. The van der Waals surface area contributed by atoms with Gasteiger partial charge in [0.15, 0.2) is 0 Å². The minimum atomic E-state index is 0.239. The molecular weight excluding hydrogens is 186 g/mol. The minimum absolute atomic E-state index is 0.239. The van der Waals surface area contributed by atoms with Crippen molar-refractivity contribution in [1.29, 1.82) is 0 Å². The molecule has 0 spiro atoms. The Bertz CT molecular complexity index is 283. The minimum Gasteiger partial charge on any atom is -0.338 e. The maximum Gasteiger partial charge on any atom is 0.108 e. The first-order valence-corrected chi connectivity index (χ1v) is 5.70. The molecule has 1 N–H and O–H groups in total. The highest BCUT2D eigenvalue weighted by Crippen LogP contribution is 2.03. The standard InChI is InChI=1S/C12H23N3/c1-12(2,3)14-8-6-5-7-11-13-9-10-15(11)4/h9-10,14H,5-8H2,1-4H3. The molecule has 0 saturated carbocycles. The van der Waals surface area contributed by atoms with Crippen molar-refractivity contribution in [2.24, 2.45) is 7.05 Å². The van der Waals surface area contributed by atoms with E-state index < -0.39 is 0 Å². The van der Waals surface area contributed by atoms with Gasteiger partial charge >= 0.3 is 0 Å². The van der Waals surface area contributed by atoms with Gasteiger partial charge in [-0.1, -0.05) is 0 Å². The summed E-state index contributed by atoms with van der Waals surface area (Å²) >= 11 is 0. The molecule has 0 aromatic carbocycles. The van der Waals surface area contributed by atoms with Crippen molar-refractivity contribution in [1.82, 2.24) is 14.9 Å². The Morgan fingerprint density at radius 2 is 2.07 bits per heavy atom. The lowest BCUT2D eigenvalue weighted by Crippen LogP contribution is -2.36. The summed E-state index contributed by atoms with van der Waals surface area (Å²) in [7, 11) is 2.05. The third kappa shape index (κ3) is 4.98. The fourth-order valence-electron chi connectivity index (χ4n) is 1.51. The maximum absolute atomic E-state index is 4.30. The molecule has 15 heavy (non-hydrogen) atoms. The summed E-state index contributed by atoms with van der Waals surface area (Å²) in [6.07, 6.45) is 7.36. The Morgan fingerprint density at radius 1 is 1.33 bits per heavy atom. The number of rotatable bonds is 5. The second kappa shape index (κ2) is 5.31. The second-order valence-corrected chi connectivity index (χ2v) is 5.09. The molecule has 3 heteroatoms. The van der Waals surface area contributed by atoms with Crippen molar-refractivity contribution < 1.29 is 0 Å². The van der Waals surface area contributed by atoms with E-state index >= 15 is 0 Å². The van der Waals surface area contributed by atoms with Crippen LogP contribution in [0.3, 0.4) is 0 Å². The Balaban J connectivity index is 2.10. The van der Waals surface area contributed by atoms with Crippen LogP contribution < -0.4 is 5.32 Å². The molecule has 0 fully saturated rings. The summed E-state index contributed by atoms with van der Waals surface area (Å²) < 4.78 is 2.09. The summed E-state index contributed by atoms with van der Waals surface area (Å²) in [5.74, 6) is 1.19. The summed E-state index contributed by atoms with van der Waals surface area (Å²) in [4.78, 5) is 4.30. The Labute approximate surface area is 92.9 Å². The third-order valence-corrected chi connectivity index (χ3v) is 2.40. The predicted octanol–water partition coefficient (Wildman–Crippen LogP) is 2.13. The van der Waals surface area contributed by atoms with Crippen LogP contribution in [0, 0.1) is 0 Å². The first-order valence-electron chi connectivity index (χ1n) is 5.70. The smallest absolute Gasteiger partial charge is 0.108 e. The summed E-state index contributed by atoms with van der Waals surface area (Å²) in [6.45, 7) is 7.69. The monoisotopic (exact) mass is 209 g/mol. The van der Waals surface area contributed by atoms with Gasteiger partial charge in [-0.3, -0.25) is 0 Å². The molecular formula is C12H23N3. The van der Waals surface area contributed by atoms with E-state index in [0.29, 0.717) is 0 Å². The SMILES string of the molecule is Cn1ccnc1CCCCNC(C)(C)C. The molecule has 86 valence electrons. The predicted molar refractivity (Wildman–Crippen MR) is 63.9 cm³/mol. The van der Waals surface area contributed by atoms with Crippen LogP contribution >= 0.6 is 0 Å². The van der Waals surface area contributed by atoms with E-state index in [0.717, 1.165) is 13.0 Å². The Hall–Kier alpha value is -0.830. The number of nitrogens with one attached hydrogen (secondary N) is 1. The first kappa shape index (κ1) is 12.2. The third-order valence-electron chi connectivity index (χ3n) is 2.40. The van der Waals surface area contributed by atoms with E-state index in [9.17, 15) is 0 Å². The zero-order chi connectivity index (χ0) is 11.3. The normalized spacial score (nSPS) is 12.0. The van der Waals surface area contributed by atoms with Gasteiger partial charge in [0, 0.05) is 31.4 Å². The quantitative estimate of drug-likeness (QED) is 0.753. The molecule has 0 aliphatic carbocycles. The zero-order valence-electron chi connectivity index (χ0n) is 10.4. The van der Waals surface area contributed by atoms with E-state index in [-0.39, 0.29) is 5.54 Å². The number of aryl methyl sites for hydroxylation is 2. The number of hydrogen-bond acceptors (Lipinski definition) is 2. The van der Waals surface area contributed by atoms with Crippen molar-refractivity contribution >= 4 is 0 Å². The Kier molecular flexibility index (Phi) is 4.33. The molecule has 0 aliphatic rings. The number of unbranched alkanes of at least 4 members (excludes halogenated alkanes) is 1. The van der Waals surface area contributed by atoms with Crippen molar-refractivity contribution in [3.63, 3.8) is 0 Å². The summed E-state index contributed by atoms with van der Waals surface area (Å²) in [5.41, 5.74) is 0.239. The highest BCUT2D eigenvalue weighted by molar-refractivity contribution is 4.90. The van der Waals surface area contributed by atoms with E-state index in [1.807, 2.05) is 12.4 Å². The average Bonchev–Trinajstić information content (AvgIpc) is 2.49. The van der Waals surface area contributed by atoms with Crippen molar-refractivity contribution in [3.8, 4) is 0 Å². The lowest BCUT2D eigenvalue weighted by atomic mass is 10.1. The molecule has 1 rings (SSSR count). The van der Waals surface area contributed by atoms with Crippen LogP contribution in [0.1, 0.15) is 39.4 Å². The van der Waals surface area contributed by atoms with Crippen molar-refractivity contribution in [3.05, 3.63) is 18.2 Å². The number of imidazole rings is 1. The fourth-order valence-corrected chi connectivity index (χ4v) is 1.51. The molecule has 0 bridgehead atoms. The number of aromatic nitrogens is 2. The van der Waals surface area contributed by atoms with Crippen LogP contribution in [0.15, 0.2) is 12.4 Å². The van der Waals surface area contributed by atoms with Crippen molar-refractivity contribution in [2.45, 2.75) is 45.6 Å². The fraction of sp³-hybridized carbons (Fsp3) is 0.750. The van der Waals surface area contributed by atoms with Gasteiger partial charge in [0.2, 0.25) is 0 Å².